The SMILES string of the molecule is Cc1cc(C)c(NC(=O)C[NH+](C)Cc2cc(=O)oc3c(C)c(C)ccc23)c(C)c1. The molecule has 0 aliphatic heterocycles. The van der Waals surface area contributed by atoms with E-state index in [0.29, 0.717) is 18.7 Å². The van der Waals surface area contributed by atoms with Crippen LogP contribution in [0.3, 0.4) is 0 Å². The van der Waals surface area contributed by atoms with Crippen LogP contribution in [0.2, 0.25) is 0 Å². The van der Waals surface area contributed by atoms with Crippen LogP contribution in [0.25, 0.3) is 11.0 Å². The molecular weight excluding hydrogens is 364 g/mol. The highest BCUT2D eigenvalue weighted by atomic mass is 16.4. The summed E-state index contributed by atoms with van der Waals surface area (Å²) in [5, 5.41) is 3.98. The van der Waals surface area contributed by atoms with Gasteiger partial charge in [0.15, 0.2) is 6.54 Å². The Morgan fingerprint density at radius 1 is 1.00 bits per heavy atom. The van der Waals surface area contributed by atoms with Crippen molar-refractivity contribution in [2.24, 2.45) is 0 Å². The highest BCUT2D eigenvalue weighted by molar-refractivity contribution is 5.93. The normalized spacial score (nSPS) is 12.2. The molecule has 1 aromatic heterocycles. The van der Waals surface area contributed by atoms with Gasteiger partial charge in [-0.1, -0.05) is 29.8 Å². The maximum absolute atomic E-state index is 12.6. The van der Waals surface area contributed by atoms with Crippen molar-refractivity contribution in [3.8, 4) is 0 Å². The minimum atomic E-state index is -0.357. The van der Waals surface area contributed by atoms with Gasteiger partial charge in [-0.05, 0) is 56.9 Å². The van der Waals surface area contributed by atoms with Gasteiger partial charge in [-0.3, -0.25) is 4.79 Å². The third-order valence-corrected chi connectivity index (χ3v) is 5.41. The average molecular weight is 394 g/mol. The summed E-state index contributed by atoms with van der Waals surface area (Å²) in [7, 11) is 1.95. The van der Waals surface area contributed by atoms with Crippen LogP contribution in [0.4, 0.5) is 5.69 Å². The minimum Gasteiger partial charge on any atom is -0.422 e. The van der Waals surface area contributed by atoms with Crippen LogP contribution in [-0.4, -0.2) is 19.5 Å². The van der Waals surface area contributed by atoms with Gasteiger partial charge in [0.05, 0.1) is 7.05 Å². The first kappa shape index (κ1) is 20.8. The number of nitrogens with one attached hydrogen (secondary N) is 2. The van der Waals surface area contributed by atoms with Gasteiger partial charge in [-0.25, -0.2) is 4.79 Å². The smallest absolute Gasteiger partial charge is 0.336 e. The molecule has 0 saturated carbocycles. The molecular formula is C24H29N2O3+. The van der Waals surface area contributed by atoms with E-state index in [9.17, 15) is 9.59 Å². The monoisotopic (exact) mass is 393 g/mol. The number of rotatable bonds is 5. The van der Waals surface area contributed by atoms with Gasteiger partial charge in [0, 0.05) is 22.7 Å². The molecule has 2 aromatic carbocycles. The van der Waals surface area contributed by atoms with Crippen molar-refractivity contribution in [2.45, 2.75) is 41.2 Å². The average Bonchev–Trinajstić information content (AvgIpc) is 2.61. The number of likely N-dealkylation sites (N-methyl/N-ethyl adjacent to an activating group) is 1. The second-order valence-corrected chi connectivity index (χ2v) is 8.11. The summed E-state index contributed by atoms with van der Waals surface area (Å²) in [5.41, 5.74) is 7.42. The van der Waals surface area contributed by atoms with Crippen LogP contribution in [0.5, 0.6) is 0 Å². The molecule has 1 atom stereocenters. The molecule has 0 saturated heterocycles. The third-order valence-electron chi connectivity index (χ3n) is 5.41. The Kier molecular flexibility index (Phi) is 5.89. The van der Waals surface area contributed by atoms with E-state index in [2.05, 4.69) is 17.4 Å². The van der Waals surface area contributed by atoms with Gasteiger partial charge in [0.2, 0.25) is 0 Å². The molecule has 0 fully saturated rings. The second kappa shape index (κ2) is 8.21. The van der Waals surface area contributed by atoms with Crippen LogP contribution in [-0.2, 0) is 11.3 Å². The molecule has 3 rings (SSSR count). The largest absolute Gasteiger partial charge is 0.422 e. The van der Waals surface area contributed by atoms with Gasteiger partial charge >= 0.3 is 5.63 Å². The molecule has 0 spiro atoms. The maximum atomic E-state index is 12.6. The highest BCUT2D eigenvalue weighted by Gasteiger charge is 2.16. The predicted molar refractivity (Wildman–Crippen MR) is 117 cm³/mol. The molecule has 1 heterocycles. The Bertz CT molecular complexity index is 1120. The van der Waals surface area contributed by atoms with Gasteiger partial charge in [-0.2, -0.15) is 0 Å². The number of carbonyl (C=O) groups excluding carboxylic acids is 1. The maximum Gasteiger partial charge on any atom is 0.336 e. The first-order valence-electron chi connectivity index (χ1n) is 9.87. The number of quaternary nitrogens is 1. The zero-order valence-electron chi connectivity index (χ0n) is 18.0. The molecule has 5 heteroatoms. The zero-order valence-corrected chi connectivity index (χ0v) is 18.0. The molecule has 29 heavy (non-hydrogen) atoms. The number of anilines is 1. The lowest BCUT2D eigenvalue weighted by Crippen LogP contribution is -3.08. The number of aryl methyl sites for hydroxylation is 5. The standard InChI is InChI=1S/C24H28N2O3/c1-14-9-16(3)23(17(4)10-14)25-21(27)13-26(6)12-19-11-22(28)29-24-18(5)15(2)7-8-20(19)24/h7-11H,12-13H2,1-6H3,(H,25,27)/p+1. The van der Waals surface area contributed by atoms with Gasteiger partial charge in [-0.15, -0.1) is 0 Å². The number of benzene rings is 2. The van der Waals surface area contributed by atoms with Crippen molar-refractivity contribution in [3.63, 3.8) is 0 Å². The van der Waals surface area contributed by atoms with Gasteiger partial charge < -0.3 is 14.6 Å². The fraction of sp³-hybridized carbons (Fsp3) is 0.333. The Labute approximate surface area is 171 Å². The van der Waals surface area contributed by atoms with Crippen LogP contribution in [0.1, 0.15) is 33.4 Å². The van der Waals surface area contributed by atoms with Crippen LogP contribution in [0.15, 0.2) is 39.5 Å². The lowest BCUT2D eigenvalue weighted by molar-refractivity contribution is -0.885. The van der Waals surface area contributed by atoms with Crippen molar-refractivity contribution in [1.29, 1.82) is 0 Å². The van der Waals surface area contributed by atoms with E-state index in [4.69, 9.17) is 4.42 Å². The Hall–Kier alpha value is -2.92. The van der Waals surface area contributed by atoms with Crippen molar-refractivity contribution in [3.05, 3.63) is 74.1 Å². The molecule has 0 bridgehead atoms. The molecule has 5 nitrogen and oxygen atoms in total. The van der Waals surface area contributed by atoms with E-state index < -0.39 is 0 Å². The summed E-state index contributed by atoms with van der Waals surface area (Å²) >= 11 is 0. The second-order valence-electron chi connectivity index (χ2n) is 8.11. The summed E-state index contributed by atoms with van der Waals surface area (Å²) in [4.78, 5) is 25.7. The topological polar surface area (TPSA) is 63.8 Å². The molecule has 1 amide bonds. The quantitative estimate of drug-likeness (QED) is 0.655. The predicted octanol–water partition coefficient (Wildman–Crippen LogP) is 2.99. The molecule has 0 aliphatic rings. The first-order chi connectivity index (χ1) is 13.7. The molecule has 3 aromatic rings. The van der Waals surface area contributed by atoms with E-state index in [1.807, 2.05) is 53.8 Å². The molecule has 152 valence electrons. The van der Waals surface area contributed by atoms with E-state index >= 15 is 0 Å². The molecule has 2 N–H and O–H groups in total. The van der Waals surface area contributed by atoms with E-state index in [1.54, 1.807) is 0 Å². The van der Waals surface area contributed by atoms with Crippen molar-refractivity contribution < 1.29 is 14.1 Å². The number of fused-ring (bicyclic) bond motifs is 1. The molecule has 0 radical (unpaired) electrons. The molecule has 1 unspecified atom stereocenters. The first-order valence-corrected chi connectivity index (χ1v) is 9.87. The highest BCUT2D eigenvalue weighted by Crippen LogP contribution is 2.23. The minimum absolute atomic E-state index is 0.0446. The van der Waals surface area contributed by atoms with Crippen molar-refractivity contribution in [1.82, 2.24) is 0 Å². The fourth-order valence-electron chi connectivity index (χ4n) is 3.89. The van der Waals surface area contributed by atoms with E-state index in [0.717, 1.165) is 43.8 Å². The Morgan fingerprint density at radius 2 is 1.66 bits per heavy atom. The van der Waals surface area contributed by atoms with Gasteiger partial charge in [0.25, 0.3) is 5.91 Å². The van der Waals surface area contributed by atoms with E-state index in [1.165, 1.54) is 11.6 Å². The number of carbonyl (C=O) groups is 1. The summed E-state index contributed by atoms with van der Waals surface area (Å²) < 4.78 is 5.45. The zero-order chi connectivity index (χ0) is 21.3. The van der Waals surface area contributed by atoms with Crippen LogP contribution in [0, 0.1) is 34.6 Å². The lowest BCUT2D eigenvalue weighted by Gasteiger charge is -2.17. The number of hydrogen-bond donors (Lipinski definition) is 2. The van der Waals surface area contributed by atoms with Gasteiger partial charge in [0.1, 0.15) is 12.1 Å². The van der Waals surface area contributed by atoms with E-state index in [-0.39, 0.29) is 11.5 Å². The lowest BCUT2D eigenvalue weighted by atomic mass is 10.0. The summed E-state index contributed by atoms with van der Waals surface area (Å²) in [6.07, 6.45) is 0. The van der Waals surface area contributed by atoms with Crippen molar-refractivity contribution >= 4 is 22.6 Å². The Morgan fingerprint density at radius 3 is 2.31 bits per heavy atom. The summed E-state index contributed by atoms with van der Waals surface area (Å²) in [5.74, 6) is -0.0446. The summed E-state index contributed by atoms with van der Waals surface area (Å²) in [6.45, 7) is 10.9. The van der Waals surface area contributed by atoms with Crippen molar-refractivity contribution in [2.75, 3.05) is 18.9 Å². The molecule has 0 aliphatic carbocycles. The number of amides is 1. The Balaban J connectivity index is 1.78. The summed E-state index contributed by atoms with van der Waals surface area (Å²) in [6, 6.07) is 9.69. The number of hydrogen-bond acceptors (Lipinski definition) is 3. The third kappa shape index (κ3) is 4.57. The van der Waals surface area contributed by atoms with Crippen LogP contribution < -0.4 is 15.8 Å². The fourth-order valence-corrected chi connectivity index (χ4v) is 3.89. The van der Waals surface area contributed by atoms with Crippen LogP contribution >= 0.6 is 0 Å².